The number of rotatable bonds is 3. The third-order valence-corrected chi connectivity index (χ3v) is 8.96. The molecule has 3 nitrogen and oxygen atoms in total. The first-order valence-corrected chi connectivity index (χ1v) is 12.4. The number of benzene rings is 1. The van der Waals surface area contributed by atoms with E-state index in [1.807, 2.05) is 6.07 Å². The number of nitrogens with zero attached hydrogens (tertiary/aromatic N) is 1. The van der Waals surface area contributed by atoms with E-state index in [0.717, 1.165) is 57.8 Å². The lowest BCUT2D eigenvalue weighted by Crippen LogP contribution is -2.49. The lowest BCUT2D eigenvalue weighted by atomic mass is 9.48. The highest BCUT2D eigenvalue weighted by Crippen LogP contribution is 2.60. The molecule has 30 heavy (non-hydrogen) atoms. The molecule has 5 aliphatic rings. The van der Waals surface area contributed by atoms with Crippen molar-refractivity contribution in [2.75, 3.05) is 6.54 Å². The average molecular weight is 425 g/mol. The molecule has 4 saturated carbocycles. The molecule has 1 aromatic heterocycles. The van der Waals surface area contributed by atoms with E-state index in [4.69, 9.17) is 16.6 Å². The van der Waals surface area contributed by atoms with Crippen LogP contribution < -0.4 is 5.32 Å². The van der Waals surface area contributed by atoms with Crippen LogP contribution in [0.5, 0.6) is 0 Å². The number of piperidine rings is 1. The van der Waals surface area contributed by atoms with E-state index in [9.17, 15) is 5.11 Å². The van der Waals surface area contributed by atoms with Gasteiger partial charge in [0.15, 0.2) is 0 Å². The number of aliphatic hydroxyl groups excluding tert-OH is 1. The van der Waals surface area contributed by atoms with Crippen LogP contribution in [0.2, 0.25) is 5.02 Å². The van der Waals surface area contributed by atoms with Crippen LogP contribution in [-0.2, 0) is 5.41 Å². The first-order chi connectivity index (χ1) is 14.5. The van der Waals surface area contributed by atoms with Gasteiger partial charge in [-0.3, -0.25) is 4.98 Å². The maximum Gasteiger partial charge on any atom is 0.0950 e. The van der Waals surface area contributed by atoms with E-state index < -0.39 is 6.10 Å². The van der Waals surface area contributed by atoms with Crippen LogP contribution in [0.1, 0.15) is 80.7 Å². The number of nitrogens with one attached hydrogen (secondary N) is 1. The van der Waals surface area contributed by atoms with Crippen molar-refractivity contribution < 1.29 is 5.11 Å². The van der Waals surface area contributed by atoms with Crippen LogP contribution in [0.4, 0.5) is 0 Å². The molecular weight excluding hydrogens is 392 g/mol. The topological polar surface area (TPSA) is 45.2 Å². The lowest BCUT2D eigenvalue weighted by molar-refractivity contribution is -0.00720. The van der Waals surface area contributed by atoms with Gasteiger partial charge in [0, 0.05) is 22.5 Å². The molecule has 1 aliphatic heterocycles. The number of aryl methyl sites for hydroxylation is 1. The smallest absolute Gasteiger partial charge is 0.0950 e. The van der Waals surface area contributed by atoms with Crippen molar-refractivity contribution in [3.8, 4) is 0 Å². The Hall–Kier alpha value is -1.16. The Kier molecular flexibility index (Phi) is 4.67. The van der Waals surface area contributed by atoms with E-state index in [0.29, 0.717) is 0 Å². The van der Waals surface area contributed by atoms with Gasteiger partial charge in [0.05, 0.1) is 16.6 Å². The Balaban J connectivity index is 1.50. The minimum atomic E-state index is -0.513. The Morgan fingerprint density at radius 1 is 1.07 bits per heavy atom. The van der Waals surface area contributed by atoms with Crippen molar-refractivity contribution in [1.82, 2.24) is 10.3 Å². The second kappa shape index (κ2) is 7.18. The number of hydrogen-bond donors (Lipinski definition) is 2. The fraction of sp³-hybridized carbons (Fsp3) is 0.654. The van der Waals surface area contributed by atoms with Gasteiger partial charge in [0.2, 0.25) is 0 Å². The zero-order chi connectivity index (χ0) is 20.5. The summed E-state index contributed by atoms with van der Waals surface area (Å²) in [5, 5.41) is 16.8. The van der Waals surface area contributed by atoms with Crippen molar-refractivity contribution in [2.24, 2.45) is 17.8 Å². The monoisotopic (exact) mass is 424 g/mol. The normalized spacial score (nSPS) is 36.4. The van der Waals surface area contributed by atoms with Gasteiger partial charge < -0.3 is 10.4 Å². The van der Waals surface area contributed by atoms with Gasteiger partial charge in [0.25, 0.3) is 0 Å². The van der Waals surface area contributed by atoms with Crippen LogP contribution in [0, 0.1) is 24.7 Å². The quantitative estimate of drug-likeness (QED) is 0.650. The highest BCUT2D eigenvalue weighted by atomic mass is 35.5. The molecule has 0 amide bonds. The Morgan fingerprint density at radius 2 is 1.77 bits per heavy atom. The molecule has 0 radical (unpaired) electrons. The van der Waals surface area contributed by atoms with Crippen LogP contribution in [0.15, 0.2) is 18.2 Å². The summed E-state index contributed by atoms with van der Waals surface area (Å²) in [7, 11) is 0. The van der Waals surface area contributed by atoms with Gasteiger partial charge in [-0.25, -0.2) is 0 Å². The van der Waals surface area contributed by atoms with Crippen LogP contribution in [0.3, 0.4) is 0 Å². The first kappa shape index (κ1) is 19.5. The number of aromatic nitrogens is 1. The van der Waals surface area contributed by atoms with Crippen molar-refractivity contribution in [1.29, 1.82) is 0 Å². The zero-order valence-corrected chi connectivity index (χ0v) is 18.7. The molecule has 4 aliphatic carbocycles. The van der Waals surface area contributed by atoms with Crippen molar-refractivity contribution >= 4 is 22.5 Å². The molecule has 160 valence electrons. The van der Waals surface area contributed by atoms with Crippen LogP contribution in [-0.4, -0.2) is 22.7 Å². The highest BCUT2D eigenvalue weighted by molar-refractivity contribution is 6.35. The second-order valence-electron chi connectivity index (χ2n) is 10.9. The SMILES string of the molecule is Cc1cc(Cl)c2nc(C34CC5CC(CC(C5)C3)C4)cc([C@H](O)[C@H]3CCCCN3)c2c1. The molecule has 1 aromatic carbocycles. The van der Waals surface area contributed by atoms with E-state index >= 15 is 0 Å². The number of pyridine rings is 1. The molecule has 0 spiro atoms. The summed E-state index contributed by atoms with van der Waals surface area (Å²) in [6.07, 6.45) is 11.0. The largest absolute Gasteiger partial charge is 0.387 e. The third-order valence-electron chi connectivity index (χ3n) is 8.67. The molecule has 5 fully saturated rings. The zero-order valence-electron chi connectivity index (χ0n) is 18.0. The van der Waals surface area contributed by atoms with Gasteiger partial charge in [0.1, 0.15) is 0 Å². The van der Waals surface area contributed by atoms with Gasteiger partial charge >= 0.3 is 0 Å². The predicted octanol–water partition coefficient (Wildman–Crippen LogP) is 5.84. The third kappa shape index (κ3) is 3.12. The maximum atomic E-state index is 11.5. The van der Waals surface area contributed by atoms with Crippen molar-refractivity contribution in [2.45, 2.75) is 82.3 Å². The van der Waals surface area contributed by atoms with Crippen molar-refractivity contribution in [3.63, 3.8) is 0 Å². The summed E-state index contributed by atoms with van der Waals surface area (Å²) in [5.74, 6) is 2.61. The molecule has 7 rings (SSSR count). The average Bonchev–Trinajstić information content (AvgIpc) is 2.72. The minimum Gasteiger partial charge on any atom is -0.387 e. The van der Waals surface area contributed by atoms with E-state index in [1.165, 1.54) is 57.1 Å². The summed E-state index contributed by atoms with van der Waals surface area (Å²) in [6, 6.07) is 6.59. The summed E-state index contributed by atoms with van der Waals surface area (Å²) in [4.78, 5) is 5.23. The number of hydrogen-bond acceptors (Lipinski definition) is 3. The summed E-state index contributed by atoms with van der Waals surface area (Å²) >= 11 is 6.74. The summed E-state index contributed by atoms with van der Waals surface area (Å²) in [6.45, 7) is 3.07. The van der Waals surface area contributed by atoms with Crippen molar-refractivity contribution in [3.05, 3.63) is 40.0 Å². The molecule has 1 saturated heterocycles. The highest BCUT2D eigenvalue weighted by Gasteiger charge is 2.52. The Labute approximate surface area is 184 Å². The van der Waals surface area contributed by atoms with Gasteiger partial charge in [-0.2, -0.15) is 0 Å². The standard InChI is InChI=1S/C26H33ClN2O/c1-15-6-19-20(25(30)22-4-2-3-5-28-22)11-23(29-24(19)21(27)7-15)26-12-16-8-17(13-26)10-18(9-16)14-26/h6-7,11,16-18,22,25,28,30H,2-5,8-10,12-14H2,1H3/t16?,17?,18?,22-,25+,26?/m1/s1. The van der Waals surface area contributed by atoms with E-state index in [2.05, 4.69) is 24.4 Å². The fourth-order valence-corrected chi connectivity index (χ4v) is 8.07. The molecule has 2 heterocycles. The Bertz CT molecular complexity index is 945. The predicted molar refractivity (Wildman–Crippen MR) is 122 cm³/mol. The molecular formula is C26H33ClN2O. The Morgan fingerprint density at radius 3 is 2.40 bits per heavy atom. The first-order valence-electron chi connectivity index (χ1n) is 12.0. The van der Waals surface area contributed by atoms with Gasteiger partial charge in [-0.1, -0.05) is 18.0 Å². The summed E-state index contributed by atoms with van der Waals surface area (Å²) < 4.78 is 0. The van der Waals surface area contributed by atoms with Crippen LogP contribution in [0.25, 0.3) is 10.9 Å². The van der Waals surface area contributed by atoms with Gasteiger partial charge in [-0.05, 0) is 112 Å². The molecule has 2 N–H and O–H groups in total. The maximum absolute atomic E-state index is 11.5. The number of halogens is 1. The molecule has 2 atom stereocenters. The van der Waals surface area contributed by atoms with E-state index in [-0.39, 0.29) is 11.5 Å². The number of fused-ring (bicyclic) bond motifs is 1. The number of aliphatic hydroxyl groups is 1. The van der Waals surface area contributed by atoms with Gasteiger partial charge in [-0.15, -0.1) is 0 Å². The minimum absolute atomic E-state index is 0.118. The van der Waals surface area contributed by atoms with E-state index in [1.54, 1.807) is 0 Å². The molecule has 0 unspecified atom stereocenters. The van der Waals surface area contributed by atoms with Crippen LogP contribution >= 0.6 is 11.6 Å². The lowest BCUT2D eigenvalue weighted by Gasteiger charge is -2.56. The fourth-order valence-electron chi connectivity index (χ4n) is 7.75. The molecule has 2 aromatic rings. The second-order valence-corrected chi connectivity index (χ2v) is 11.3. The molecule has 4 heteroatoms. The molecule has 4 bridgehead atoms. The summed E-state index contributed by atoms with van der Waals surface area (Å²) in [5.41, 5.74) is 4.47.